The summed E-state index contributed by atoms with van der Waals surface area (Å²) in [5.41, 5.74) is 1.18. The van der Waals surface area contributed by atoms with E-state index in [0.717, 1.165) is 45.9 Å². The van der Waals surface area contributed by atoms with E-state index in [9.17, 15) is 4.79 Å². The average molecular weight is 360 g/mol. The summed E-state index contributed by atoms with van der Waals surface area (Å²) >= 11 is 0. The first-order valence-corrected chi connectivity index (χ1v) is 10.1. The maximum atomic E-state index is 12.8. The summed E-state index contributed by atoms with van der Waals surface area (Å²) < 4.78 is 5.45. The normalized spacial score (nSPS) is 21.9. The van der Waals surface area contributed by atoms with Gasteiger partial charge in [0.25, 0.3) is 0 Å². The zero-order valence-electron chi connectivity index (χ0n) is 16.0. The molecule has 2 unspecified atom stereocenters. The fourth-order valence-corrected chi connectivity index (χ4v) is 4.09. The molecular formula is C21H33N3O2. The van der Waals surface area contributed by atoms with Crippen molar-refractivity contribution in [2.24, 2.45) is 11.8 Å². The second kappa shape index (κ2) is 10.0. The Bertz CT molecular complexity index is 539. The number of hydrogen-bond acceptors (Lipinski definition) is 4. The molecule has 2 aliphatic rings. The van der Waals surface area contributed by atoms with Crippen molar-refractivity contribution >= 4 is 5.91 Å². The number of rotatable bonds is 7. The lowest BCUT2D eigenvalue weighted by atomic mass is 9.84. The Balaban J connectivity index is 1.57. The summed E-state index contributed by atoms with van der Waals surface area (Å²) in [5, 5.41) is 6.72. The molecular weight excluding hydrogens is 326 g/mol. The van der Waals surface area contributed by atoms with Gasteiger partial charge < -0.3 is 15.4 Å². The summed E-state index contributed by atoms with van der Waals surface area (Å²) in [6, 6.07) is 10.4. The van der Waals surface area contributed by atoms with Crippen LogP contribution in [0.25, 0.3) is 0 Å². The minimum atomic E-state index is 0.0435. The quantitative estimate of drug-likeness (QED) is 0.784. The maximum Gasteiger partial charge on any atom is 0.220 e. The van der Waals surface area contributed by atoms with E-state index in [4.69, 9.17) is 4.74 Å². The maximum absolute atomic E-state index is 12.8. The number of piperidine rings is 1. The smallest absolute Gasteiger partial charge is 0.220 e. The Kier molecular flexibility index (Phi) is 7.47. The molecule has 2 saturated heterocycles. The topological polar surface area (TPSA) is 53.6 Å². The molecule has 0 spiro atoms. The highest BCUT2D eigenvalue weighted by molar-refractivity contribution is 5.76. The summed E-state index contributed by atoms with van der Waals surface area (Å²) in [7, 11) is 0. The van der Waals surface area contributed by atoms with Crippen molar-refractivity contribution in [1.82, 2.24) is 15.5 Å². The number of hydrogen-bond donors (Lipinski definition) is 2. The van der Waals surface area contributed by atoms with Crippen LogP contribution >= 0.6 is 0 Å². The third-order valence-corrected chi connectivity index (χ3v) is 5.78. The van der Waals surface area contributed by atoms with Crippen molar-refractivity contribution in [3.63, 3.8) is 0 Å². The van der Waals surface area contributed by atoms with Crippen molar-refractivity contribution in [3.8, 4) is 0 Å². The number of amides is 1. The van der Waals surface area contributed by atoms with Crippen LogP contribution in [-0.4, -0.2) is 56.7 Å². The van der Waals surface area contributed by atoms with E-state index in [0.29, 0.717) is 18.3 Å². The van der Waals surface area contributed by atoms with Gasteiger partial charge in [-0.05, 0) is 43.3 Å². The summed E-state index contributed by atoms with van der Waals surface area (Å²) in [5.74, 6) is 1.28. The monoisotopic (exact) mass is 359 g/mol. The minimum Gasteiger partial charge on any atom is -0.379 e. The number of morpholine rings is 1. The van der Waals surface area contributed by atoms with E-state index in [1.54, 1.807) is 0 Å². The van der Waals surface area contributed by atoms with Crippen molar-refractivity contribution in [3.05, 3.63) is 35.9 Å². The predicted octanol–water partition coefficient (Wildman–Crippen LogP) is 2.20. The number of benzene rings is 1. The molecule has 0 radical (unpaired) electrons. The fourth-order valence-electron chi connectivity index (χ4n) is 4.09. The van der Waals surface area contributed by atoms with E-state index in [1.807, 2.05) is 18.2 Å². The fraction of sp³-hybridized carbons (Fsp3) is 0.667. The number of carbonyl (C=O) groups is 1. The van der Waals surface area contributed by atoms with Crippen LogP contribution in [0.5, 0.6) is 0 Å². The molecule has 0 aliphatic carbocycles. The van der Waals surface area contributed by atoms with Crippen molar-refractivity contribution < 1.29 is 9.53 Å². The first-order valence-electron chi connectivity index (χ1n) is 10.1. The van der Waals surface area contributed by atoms with Gasteiger partial charge in [0.1, 0.15) is 0 Å². The van der Waals surface area contributed by atoms with Crippen LogP contribution in [0.3, 0.4) is 0 Å². The van der Waals surface area contributed by atoms with Gasteiger partial charge in [0.2, 0.25) is 5.91 Å². The Morgan fingerprint density at radius 2 is 1.92 bits per heavy atom. The van der Waals surface area contributed by atoms with E-state index in [1.165, 1.54) is 18.4 Å². The van der Waals surface area contributed by atoms with E-state index in [-0.39, 0.29) is 11.9 Å². The summed E-state index contributed by atoms with van der Waals surface area (Å²) in [6.45, 7) is 8.68. The second-order valence-corrected chi connectivity index (χ2v) is 7.71. The molecule has 1 aromatic carbocycles. The van der Waals surface area contributed by atoms with E-state index in [2.05, 4.69) is 34.6 Å². The first kappa shape index (κ1) is 19.3. The van der Waals surface area contributed by atoms with Gasteiger partial charge in [-0.2, -0.15) is 0 Å². The molecule has 5 nitrogen and oxygen atoms in total. The molecule has 0 aromatic heterocycles. The van der Waals surface area contributed by atoms with Crippen LogP contribution in [0.2, 0.25) is 0 Å². The molecule has 144 valence electrons. The minimum absolute atomic E-state index is 0.0435. The first-order chi connectivity index (χ1) is 12.7. The van der Waals surface area contributed by atoms with E-state index >= 15 is 0 Å². The zero-order valence-corrected chi connectivity index (χ0v) is 16.0. The second-order valence-electron chi connectivity index (χ2n) is 7.71. The average Bonchev–Trinajstić information content (AvgIpc) is 2.69. The molecule has 3 rings (SSSR count). The van der Waals surface area contributed by atoms with Crippen LogP contribution in [0, 0.1) is 11.8 Å². The lowest BCUT2D eigenvalue weighted by Gasteiger charge is -2.32. The van der Waals surface area contributed by atoms with Gasteiger partial charge in [-0.15, -0.1) is 0 Å². The lowest BCUT2D eigenvalue weighted by molar-refractivity contribution is -0.123. The number of nitrogens with zero attached hydrogens (tertiary/aromatic N) is 1. The number of nitrogens with one attached hydrogen (secondary N) is 2. The van der Waals surface area contributed by atoms with Crippen LogP contribution in [0.1, 0.15) is 37.8 Å². The highest BCUT2D eigenvalue weighted by Crippen LogP contribution is 2.25. The molecule has 2 aliphatic heterocycles. The Labute approximate surface area is 157 Å². The lowest BCUT2D eigenvalue weighted by Crippen LogP contribution is -2.43. The van der Waals surface area contributed by atoms with Crippen molar-refractivity contribution in [1.29, 1.82) is 0 Å². The van der Waals surface area contributed by atoms with Gasteiger partial charge in [0.05, 0.1) is 19.3 Å². The van der Waals surface area contributed by atoms with E-state index < -0.39 is 0 Å². The Morgan fingerprint density at radius 3 is 2.62 bits per heavy atom. The van der Waals surface area contributed by atoms with Gasteiger partial charge in [-0.1, -0.05) is 37.3 Å². The zero-order chi connectivity index (χ0) is 18.2. The molecule has 1 amide bonds. The predicted molar refractivity (Wildman–Crippen MR) is 104 cm³/mol. The van der Waals surface area contributed by atoms with Crippen LogP contribution in [-0.2, 0) is 9.53 Å². The number of carbonyl (C=O) groups excluding carboxylic acids is 1. The molecule has 1 aromatic rings. The van der Waals surface area contributed by atoms with Crippen LogP contribution in [0.15, 0.2) is 30.3 Å². The standard InChI is InChI=1S/C21H33N3O2/c1-17(18-7-9-22-10-8-18)15-21(25)23-20(19-5-3-2-4-6-19)16-24-11-13-26-14-12-24/h2-6,17-18,20,22H,7-16H2,1H3,(H,23,25). The largest absolute Gasteiger partial charge is 0.379 e. The molecule has 2 N–H and O–H groups in total. The highest BCUT2D eigenvalue weighted by atomic mass is 16.5. The molecule has 26 heavy (non-hydrogen) atoms. The molecule has 2 atom stereocenters. The third kappa shape index (κ3) is 5.79. The SMILES string of the molecule is CC(CC(=O)NC(CN1CCOCC1)c1ccccc1)C1CCNCC1. The van der Waals surface area contributed by atoms with Gasteiger partial charge >= 0.3 is 0 Å². The van der Waals surface area contributed by atoms with Crippen LogP contribution < -0.4 is 10.6 Å². The van der Waals surface area contributed by atoms with Gasteiger partial charge in [0, 0.05) is 26.1 Å². The Hall–Kier alpha value is -1.43. The third-order valence-electron chi connectivity index (χ3n) is 5.78. The van der Waals surface area contributed by atoms with Crippen LogP contribution in [0.4, 0.5) is 0 Å². The van der Waals surface area contributed by atoms with Gasteiger partial charge in [-0.25, -0.2) is 0 Å². The molecule has 2 heterocycles. The van der Waals surface area contributed by atoms with Crippen molar-refractivity contribution in [2.75, 3.05) is 45.9 Å². The highest BCUT2D eigenvalue weighted by Gasteiger charge is 2.24. The number of ether oxygens (including phenoxy) is 1. The Morgan fingerprint density at radius 1 is 1.23 bits per heavy atom. The molecule has 5 heteroatoms. The summed E-state index contributed by atoms with van der Waals surface area (Å²) in [4.78, 5) is 15.1. The van der Waals surface area contributed by atoms with Gasteiger partial charge in [0.15, 0.2) is 0 Å². The molecule has 2 fully saturated rings. The van der Waals surface area contributed by atoms with Gasteiger partial charge in [-0.3, -0.25) is 9.69 Å². The summed E-state index contributed by atoms with van der Waals surface area (Å²) in [6.07, 6.45) is 2.99. The van der Waals surface area contributed by atoms with Crippen molar-refractivity contribution in [2.45, 2.75) is 32.2 Å². The molecule has 0 bridgehead atoms. The molecule has 0 saturated carbocycles.